The number of aromatic nitrogens is 3. The molecular weight excluding hydrogens is 378 g/mol. The molecule has 0 radical (unpaired) electrons. The van der Waals surface area contributed by atoms with Crippen LogP contribution in [0.4, 0.5) is 14.5 Å². The Bertz CT molecular complexity index is 1170. The summed E-state index contributed by atoms with van der Waals surface area (Å²) in [5, 5.41) is 6.42. The molecule has 0 aliphatic rings. The lowest BCUT2D eigenvalue weighted by Crippen LogP contribution is -2.19. The molecule has 0 aliphatic carbocycles. The molecule has 0 unspecified atom stereocenters. The molecule has 29 heavy (non-hydrogen) atoms. The molecule has 4 rings (SSSR count). The zero-order valence-corrected chi connectivity index (χ0v) is 15.4. The molecule has 2 aromatic carbocycles. The van der Waals surface area contributed by atoms with Crippen LogP contribution in [0.15, 0.2) is 65.3 Å². The van der Waals surface area contributed by atoms with Crippen molar-refractivity contribution in [2.45, 2.75) is 13.5 Å². The number of hydrogen-bond acceptors (Lipinski definition) is 4. The van der Waals surface area contributed by atoms with Gasteiger partial charge in [-0.3, -0.25) is 4.79 Å². The predicted octanol–water partition coefficient (Wildman–Crippen LogP) is 4.43. The van der Waals surface area contributed by atoms with Crippen molar-refractivity contribution >= 4 is 11.6 Å². The Kier molecular flexibility index (Phi) is 4.90. The van der Waals surface area contributed by atoms with Crippen LogP contribution in [-0.4, -0.2) is 20.6 Å². The number of anilines is 1. The van der Waals surface area contributed by atoms with Crippen LogP contribution in [0.25, 0.3) is 23.0 Å². The summed E-state index contributed by atoms with van der Waals surface area (Å²) in [6, 6.07) is 14.1. The summed E-state index contributed by atoms with van der Waals surface area (Å²) in [5.74, 6) is -1.34. The summed E-state index contributed by atoms with van der Waals surface area (Å²) < 4.78 is 33.7. The first kappa shape index (κ1) is 18.5. The van der Waals surface area contributed by atoms with Crippen LogP contribution in [0.1, 0.15) is 5.56 Å². The summed E-state index contributed by atoms with van der Waals surface area (Å²) in [5.41, 5.74) is 2.39. The molecule has 2 heterocycles. The number of benzene rings is 2. The topological polar surface area (TPSA) is 73.0 Å². The summed E-state index contributed by atoms with van der Waals surface area (Å²) in [6.07, 6.45) is 1.67. The lowest BCUT2D eigenvalue weighted by molar-refractivity contribution is -0.116. The summed E-state index contributed by atoms with van der Waals surface area (Å²) in [6.45, 7) is 1.88. The van der Waals surface area contributed by atoms with E-state index < -0.39 is 17.5 Å². The molecule has 0 atom stereocenters. The van der Waals surface area contributed by atoms with Crippen molar-refractivity contribution in [1.82, 2.24) is 14.7 Å². The summed E-state index contributed by atoms with van der Waals surface area (Å²) >= 11 is 0. The SMILES string of the molecule is Cc1ccc(-c2noc(-c3cccn3CC(=O)Nc3ccc(F)cc3F)n2)cc1. The second kappa shape index (κ2) is 7.67. The number of nitrogens with zero attached hydrogens (tertiary/aromatic N) is 3. The molecule has 4 aromatic rings. The van der Waals surface area contributed by atoms with Crippen molar-refractivity contribution in [3.05, 3.63) is 78.0 Å². The third-order valence-corrected chi connectivity index (χ3v) is 4.30. The molecule has 0 spiro atoms. The molecule has 1 N–H and O–H groups in total. The second-order valence-corrected chi connectivity index (χ2v) is 6.48. The summed E-state index contributed by atoms with van der Waals surface area (Å²) in [4.78, 5) is 16.7. The van der Waals surface area contributed by atoms with Gasteiger partial charge in [0, 0.05) is 17.8 Å². The quantitative estimate of drug-likeness (QED) is 0.544. The minimum Gasteiger partial charge on any atom is -0.334 e. The van der Waals surface area contributed by atoms with Gasteiger partial charge in [-0.2, -0.15) is 4.98 Å². The van der Waals surface area contributed by atoms with Gasteiger partial charge in [-0.25, -0.2) is 8.78 Å². The zero-order chi connectivity index (χ0) is 20.4. The first-order chi connectivity index (χ1) is 14.0. The molecule has 1 amide bonds. The Balaban J connectivity index is 1.51. The van der Waals surface area contributed by atoms with Gasteiger partial charge in [0.25, 0.3) is 5.89 Å². The van der Waals surface area contributed by atoms with Crippen molar-refractivity contribution in [3.8, 4) is 23.0 Å². The third-order valence-electron chi connectivity index (χ3n) is 4.30. The number of carbonyl (C=O) groups excluding carboxylic acids is 1. The number of nitrogens with one attached hydrogen (secondary N) is 1. The van der Waals surface area contributed by atoms with Crippen molar-refractivity contribution in [2.24, 2.45) is 0 Å². The normalized spacial score (nSPS) is 10.9. The van der Waals surface area contributed by atoms with E-state index in [4.69, 9.17) is 4.52 Å². The van der Waals surface area contributed by atoms with E-state index in [-0.39, 0.29) is 18.1 Å². The Hall–Kier alpha value is -3.81. The van der Waals surface area contributed by atoms with Gasteiger partial charge < -0.3 is 14.4 Å². The maximum absolute atomic E-state index is 13.7. The molecule has 0 fully saturated rings. The average molecular weight is 394 g/mol. The maximum atomic E-state index is 13.7. The van der Waals surface area contributed by atoms with E-state index in [2.05, 4.69) is 15.5 Å². The molecule has 0 saturated heterocycles. The lowest BCUT2D eigenvalue weighted by Gasteiger charge is -2.09. The first-order valence-electron chi connectivity index (χ1n) is 8.81. The highest BCUT2D eigenvalue weighted by molar-refractivity contribution is 5.91. The minimum absolute atomic E-state index is 0.0930. The van der Waals surface area contributed by atoms with E-state index in [1.54, 1.807) is 22.9 Å². The fraction of sp³-hybridized carbons (Fsp3) is 0.0952. The van der Waals surface area contributed by atoms with Crippen LogP contribution >= 0.6 is 0 Å². The van der Waals surface area contributed by atoms with Crippen molar-refractivity contribution < 1.29 is 18.1 Å². The van der Waals surface area contributed by atoms with Crippen molar-refractivity contribution in [1.29, 1.82) is 0 Å². The van der Waals surface area contributed by atoms with Crippen LogP contribution in [0.2, 0.25) is 0 Å². The Labute approximate surface area is 164 Å². The number of hydrogen-bond donors (Lipinski definition) is 1. The van der Waals surface area contributed by atoms with Crippen LogP contribution < -0.4 is 5.32 Å². The Morgan fingerprint density at radius 3 is 2.69 bits per heavy atom. The van der Waals surface area contributed by atoms with Crippen LogP contribution in [0.5, 0.6) is 0 Å². The van der Waals surface area contributed by atoms with Crippen molar-refractivity contribution in [2.75, 3.05) is 5.32 Å². The predicted molar refractivity (Wildman–Crippen MR) is 103 cm³/mol. The molecule has 6 nitrogen and oxygen atoms in total. The molecule has 8 heteroatoms. The number of aryl methyl sites for hydroxylation is 1. The van der Waals surface area contributed by atoms with Crippen LogP contribution in [-0.2, 0) is 11.3 Å². The zero-order valence-electron chi connectivity index (χ0n) is 15.4. The molecular formula is C21H16F2N4O2. The highest BCUT2D eigenvalue weighted by Gasteiger charge is 2.16. The standard InChI is InChI=1S/C21H16F2N4O2/c1-13-4-6-14(7-5-13)20-25-21(29-26-20)18-3-2-10-27(18)12-19(28)24-17-9-8-15(22)11-16(17)23/h2-11H,12H2,1H3,(H,24,28). The Morgan fingerprint density at radius 1 is 1.14 bits per heavy atom. The number of halogens is 2. The fourth-order valence-electron chi connectivity index (χ4n) is 2.83. The third kappa shape index (κ3) is 4.06. The first-order valence-corrected chi connectivity index (χ1v) is 8.81. The molecule has 2 aromatic heterocycles. The van der Waals surface area contributed by atoms with E-state index in [0.717, 1.165) is 17.2 Å². The van der Waals surface area contributed by atoms with E-state index in [9.17, 15) is 13.6 Å². The second-order valence-electron chi connectivity index (χ2n) is 6.48. The Morgan fingerprint density at radius 2 is 1.93 bits per heavy atom. The molecule has 146 valence electrons. The van der Waals surface area contributed by atoms with Gasteiger partial charge >= 0.3 is 0 Å². The summed E-state index contributed by atoms with van der Waals surface area (Å²) in [7, 11) is 0. The highest BCUT2D eigenvalue weighted by atomic mass is 19.1. The van der Waals surface area contributed by atoms with Gasteiger partial charge in [0.15, 0.2) is 0 Å². The van der Waals surface area contributed by atoms with Gasteiger partial charge in [0.2, 0.25) is 11.7 Å². The van der Waals surface area contributed by atoms with Gasteiger partial charge in [0.1, 0.15) is 23.9 Å². The van der Waals surface area contributed by atoms with Crippen molar-refractivity contribution in [3.63, 3.8) is 0 Å². The highest BCUT2D eigenvalue weighted by Crippen LogP contribution is 2.23. The smallest absolute Gasteiger partial charge is 0.274 e. The number of rotatable bonds is 5. The van der Waals surface area contributed by atoms with Crippen LogP contribution in [0.3, 0.4) is 0 Å². The molecule has 0 bridgehead atoms. The van der Waals surface area contributed by atoms with Crippen LogP contribution in [0, 0.1) is 18.6 Å². The van der Waals surface area contributed by atoms with Gasteiger partial charge in [0.05, 0.1) is 5.69 Å². The van der Waals surface area contributed by atoms with Gasteiger partial charge in [-0.1, -0.05) is 35.0 Å². The van der Waals surface area contributed by atoms with E-state index in [0.29, 0.717) is 17.6 Å². The minimum atomic E-state index is -0.842. The lowest BCUT2D eigenvalue weighted by atomic mass is 10.1. The van der Waals surface area contributed by atoms with E-state index in [1.807, 2.05) is 31.2 Å². The van der Waals surface area contributed by atoms with E-state index >= 15 is 0 Å². The average Bonchev–Trinajstić information content (AvgIpc) is 3.34. The molecule has 0 saturated carbocycles. The monoisotopic (exact) mass is 394 g/mol. The molecule has 0 aliphatic heterocycles. The maximum Gasteiger partial charge on any atom is 0.274 e. The van der Waals surface area contributed by atoms with Gasteiger partial charge in [-0.15, -0.1) is 0 Å². The number of carbonyl (C=O) groups is 1. The van der Waals surface area contributed by atoms with Gasteiger partial charge in [-0.05, 0) is 31.2 Å². The largest absolute Gasteiger partial charge is 0.334 e. The fourth-order valence-corrected chi connectivity index (χ4v) is 2.83. The number of amides is 1. The van der Waals surface area contributed by atoms with E-state index in [1.165, 1.54) is 6.07 Å².